The van der Waals surface area contributed by atoms with E-state index >= 15 is 0 Å². The van der Waals surface area contributed by atoms with Gasteiger partial charge in [0.25, 0.3) is 0 Å². The molecule has 0 N–H and O–H groups in total. The van der Waals surface area contributed by atoms with Gasteiger partial charge in [0.1, 0.15) is 17.1 Å². The summed E-state index contributed by atoms with van der Waals surface area (Å²) in [5, 5.41) is 0. The molecule has 6 heteroatoms. The maximum Gasteiger partial charge on any atom is 0.341 e. The van der Waals surface area contributed by atoms with E-state index in [1.807, 2.05) is 24.3 Å². The van der Waals surface area contributed by atoms with Crippen molar-refractivity contribution in [1.29, 1.82) is 0 Å². The number of rotatable bonds is 11. The van der Waals surface area contributed by atoms with Gasteiger partial charge in [0.05, 0.1) is 35.5 Å². The Morgan fingerprint density at radius 1 is 0.559 bits per heavy atom. The predicted molar refractivity (Wildman–Crippen MR) is 132 cm³/mol. The third kappa shape index (κ3) is 6.22. The molecule has 0 unspecified atom stereocenters. The largest absolute Gasteiger partial charge is 0.497 e. The maximum atomic E-state index is 11.9. The second-order valence-corrected chi connectivity index (χ2v) is 7.90. The Balaban J connectivity index is 1.71. The van der Waals surface area contributed by atoms with Gasteiger partial charge in [-0.05, 0) is 84.3 Å². The second-order valence-electron chi connectivity index (χ2n) is 7.90. The lowest BCUT2D eigenvalue weighted by molar-refractivity contribution is 0.0597. The van der Waals surface area contributed by atoms with Crippen molar-refractivity contribution >= 4 is 5.97 Å². The Bertz CT molecular complexity index is 1120. The molecule has 0 spiro atoms. The van der Waals surface area contributed by atoms with Crippen molar-refractivity contribution in [3.05, 3.63) is 82.4 Å². The zero-order valence-corrected chi connectivity index (χ0v) is 20.5. The summed E-state index contributed by atoms with van der Waals surface area (Å²) in [5.41, 5.74) is 5.09. The number of hydrogen-bond donors (Lipinski definition) is 0. The molecule has 0 radical (unpaired) electrons. The van der Waals surface area contributed by atoms with Crippen LogP contribution in [0.25, 0.3) is 0 Å². The molecule has 0 saturated carbocycles. The van der Waals surface area contributed by atoms with Gasteiger partial charge in [-0.25, -0.2) is 4.79 Å². The first-order valence-corrected chi connectivity index (χ1v) is 11.1. The highest BCUT2D eigenvalue weighted by Gasteiger charge is 2.13. The van der Waals surface area contributed by atoms with Gasteiger partial charge in [-0.15, -0.1) is 0 Å². The summed E-state index contributed by atoms with van der Waals surface area (Å²) in [4.78, 5) is 11.9. The molecule has 0 atom stereocenters. The molecule has 0 fully saturated rings. The smallest absolute Gasteiger partial charge is 0.341 e. The Morgan fingerprint density at radius 3 is 1.62 bits per heavy atom. The maximum absolute atomic E-state index is 11.9. The molecular weight excluding hydrogens is 432 g/mol. The Hall–Kier alpha value is -3.67. The van der Waals surface area contributed by atoms with Crippen molar-refractivity contribution in [3.63, 3.8) is 0 Å². The zero-order chi connectivity index (χ0) is 24.5. The summed E-state index contributed by atoms with van der Waals surface area (Å²) in [6.45, 7) is 0. The number of hydrogen-bond acceptors (Lipinski definition) is 6. The van der Waals surface area contributed by atoms with E-state index in [0.717, 1.165) is 48.5 Å². The van der Waals surface area contributed by atoms with Crippen LogP contribution >= 0.6 is 0 Å². The van der Waals surface area contributed by atoms with Crippen LogP contribution in [0.3, 0.4) is 0 Å². The number of aryl methyl sites for hydroxylation is 4. The number of benzene rings is 3. The van der Waals surface area contributed by atoms with Crippen LogP contribution in [0.5, 0.6) is 23.0 Å². The monoisotopic (exact) mass is 464 g/mol. The van der Waals surface area contributed by atoms with Crippen molar-refractivity contribution in [3.8, 4) is 23.0 Å². The minimum absolute atomic E-state index is 0.407. The first-order chi connectivity index (χ1) is 16.5. The third-order valence-electron chi connectivity index (χ3n) is 5.79. The second kappa shape index (κ2) is 12.0. The Morgan fingerprint density at radius 2 is 1.09 bits per heavy atom. The van der Waals surface area contributed by atoms with Crippen LogP contribution in [-0.2, 0) is 30.4 Å². The molecule has 0 saturated heterocycles. The van der Waals surface area contributed by atoms with Crippen molar-refractivity contribution in [2.75, 3.05) is 35.5 Å². The standard InChI is InChI=1S/C28H32O6/c1-30-23-15-21(8-6-19-10-12-24(28(29)34-5)26(17-19)32-3)14-22(16-23)9-7-20-11-13-25(31-2)27(18-20)33-4/h10-18H,6-9H2,1-5H3. The normalized spacial score (nSPS) is 10.5. The zero-order valence-electron chi connectivity index (χ0n) is 20.5. The molecule has 3 aromatic rings. The molecule has 0 bridgehead atoms. The van der Waals surface area contributed by atoms with E-state index in [4.69, 9.17) is 23.7 Å². The third-order valence-corrected chi connectivity index (χ3v) is 5.79. The summed E-state index contributed by atoms with van der Waals surface area (Å²) in [5.74, 6) is 2.42. The van der Waals surface area contributed by atoms with Gasteiger partial charge in [-0.1, -0.05) is 18.2 Å². The van der Waals surface area contributed by atoms with Crippen LogP contribution < -0.4 is 18.9 Å². The topological polar surface area (TPSA) is 63.2 Å². The molecule has 0 aliphatic rings. The van der Waals surface area contributed by atoms with E-state index in [-0.39, 0.29) is 0 Å². The molecule has 0 amide bonds. The number of carbonyl (C=O) groups is 1. The highest BCUT2D eigenvalue weighted by molar-refractivity contribution is 5.92. The van der Waals surface area contributed by atoms with Gasteiger partial charge in [0.15, 0.2) is 11.5 Å². The fraction of sp³-hybridized carbons (Fsp3) is 0.321. The number of esters is 1. The minimum Gasteiger partial charge on any atom is -0.497 e. The van der Waals surface area contributed by atoms with Crippen LogP contribution in [-0.4, -0.2) is 41.5 Å². The molecule has 0 aliphatic carbocycles. The van der Waals surface area contributed by atoms with E-state index in [0.29, 0.717) is 11.3 Å². The van der Waals surface area contributed by atoms with Gasteiger partial charge < -0.3 is 23.7 Å². The van der Waals surface area contributed by atoms with Crippen molar-refractivity contribution in [2.45, 2.75) is 25.7 Å². The van der Waals surface area contributed by atoms with Crippen LogP contribution in [0.1, 0.15) is 32.6 Å². The summed E-state index contributed by atoms with van der Waals surface area (Å²) in [6, 6.07) is 18.0. The number of ether oxygens (including phenoxy) is 5. The minimum atomic E-state index is -0.407. The lowest BCUT2D eigenvalue weighted by Gasteiger charge is -2.12. The molecule has 34 heavy (non-hydrogen) atoms. The highest BCUT2D eigenvalue weighted by atomic mass is 16.5. The Kier molecular flexibility index (Phi) is 8.79. The van der Waals surface area contributed by atoms with Crippen LogP contribution in [0.4, 0.5) is 0 Å². The SMILES string of the molecule is COC(=O)c1ccc(CCc2cc(CCc3ccc(OC)c(OC)c3)cc(OC)c2)cc1OC. The fourth-order valence-corrected chi connectivity index (χ4v) is 3.92. The summed E-state index contributed by atoms with van der Waals surface area (Å²) in [6.07, 6.45) is 3.39. The van der Waals surface area contributed by atoms with Gasteiger partial charge in [0, 0.05) is 0 Å². The van der Waals surface area contributed by atoms with Gasteiger partial charge in [-0.2, -0.15) is 0 Å². The molecule has 0 aliphatic heterocycles. The molecule has 0 heterocycles. The van der Waals surface area contributed by atoms with E-state index in [9.17, 15) is 4.79 Å². The molecule has 180 valence electrons. The quantitative estimate of drug-likeness (QED) is 0.369. The lowest BCUT2D eigenvalue weighted by Crippen LogP contribution is -2.05. The van der Waals surface area contributed by atoms with Crippen LogP contribution in [0.2, 0.25) is 0 Å². The molecule has 0 aromatic heterocycles. The fourth-order valence-electron chi connectivity index (χ4n) is 3.92. The Labute approximate surface area is 201 Å². The average Bonchev–Trinajstić information content (AvgIpc) is 2.89. The average molecular weight is 465 g/mol. The summed E-state index contributed by atoms with van der Waals surface area (Å²) >= 11 is 0. The van der Waals surface area contributed by atoms with E-state index in [2.05, 4.69) is 24.3 Å². The highest BCUT2D eigenvalue weighted by Crippen LogP contribution is 2.29. The molecular formula is C28H32O6. The van der Waals surface area contributed by atoms with Crippen molar-refractivity contribution < 1.29 is 28.5 Å². The van der Waals surface area contributed by atoms with E-state index in [1.54, 1.807) is 34.5 Å². The first-order valence-electron chi connectivity index (χ1n) is 11.1. The lowest BCUT2D eigenvalue weighted by atomic mass is 9.98. The predicted octanol–water partition coefficient (Wildman–Crippen LogP) is 5.08. The van der Waals surface area contributed by atoms with Crippen molar-refractivity contribution in [2.24, 2.45) is 0 Å². The molecule has 3 rings (SSSR count). The first kappa shape index (κ1) is 25.0. The summed E-state index contributed by atoms with van der Waals surface area (Å²) < 4.78 is 26.5. The van der Waals surface area contributed by atoms with Gasteiger partial charge in [-0.3, -0.25) is 0 Å². The van der Waals surface area contributed by atoms with E-state index < -0.39 is 5.97 Å². The molecule has 6 nitrogen and oxygen atoms in total. The van der Waals surface area contributed by atoms with Gasteiger partial charge in [0.2, 0.25) is 0 Å². The van der Waals surface area contributed by atoms with Gasteiger partial charge >= 0.3 is 5.97 Å². The number of methoxy groups -OCH3 is 5. The van der Waals surface area contributed by atoms with Crippen molar-refractivity contribution in [1.82, 2.24) is 0 Å². The molecule has 3 aromatic carbocycles. The van der Waals surface area contributed by atoms with Crippen LogP contribution in [0, 0.1) is 0 Å². The van der Waals surface area contributed by atoms with E-state index in [1.165, 1.54) is 23.8 Å². The number of carbonyl (C=O) groups excluding carboxylic acids is 1. The van der Waals surface area contributed by atoms with Crippen LogP contribution in [0.15, 0.2) is 54.6 Å². The summed E-state index contributed by atoms with van der Waals surface area (Å²) in [7, 11) is 7.89.